The molecule has 0 unspecified atom stereocenters. The number of hydrogen-bond acceptors (Lipinski definition) is 3. The van der Waals surface area contributed by atoms with Gasteiger partial charge in [-0.3, -0.25) is 0 Å². The van der Waals surface area contributed by atoms with E-state index in [1.807, 2.05) is 56.4 Å². The molecule has 0 saturated carbocycles. The van der Waals surface area contributed by atoms with Crippen molar-refractivity contribution in [1.82, 2.24) is 4.57 Å². The van der Waals surface area contributed by atoms with Crippen LogP contribution in [0, 0.1) is 20.8 Å². The molecule has 0 aliphatic carbocycles. The van der Waals surface area contributed by atoms with Crippen LogP contribution in [0.2, 0.25) is 5.02 Å². The summed E-state index contributed by atoms with van der Waals surface area (Å²) in [6, 6.07) is 22.0. The van der Waals surface area contributed by atoms with E-state index in [1.165, 1.54) is 0 Å². The summed E-state index contributed by atoms with van der Waals surface area (Å²) in [5.41, 5.74) is 6.28. The molecule has 0 spiro atoms. The average Bonchev–Trinajstić information content (AvgIpc) is 3.28. The van der Waals surface area contributed by atoms with E-state index in [-0.39, 0.29) is 5.69 Å². The maximum atomic E-state index is 12.1. The third-order valence-corrected chi connectivity index (χ3v) is 7.27. The number of aromatic nitrogens is 1. The van der Waals surface area contributed by atoms with Crippen LogP contribution in [0.25, 0.3) is 0 Å². The first-order chi connectivity index (χ1) is 17.7. The molecule has 4 rings (SSSR count). The van der Waals surface area contributed by atoms with Crippen LogP contribution in [0.5, 0.6) is 5.75 Å². The van der Waals surface area contributed by atoms with Crippen molar-refractivity contribution in [3.8, 4) is 5.75 Å². The summed E-state index contributed by atoms with van der Waals surface area (Å²) >= 11 is 9.81. The van der Waals surface area contributed by atoms with E-state index in [0.717, 1.165) is 48.9 Å². The van der Waals surface area contributed by atoms with Gasteiger partial charge in [0.05, 0.1) is 12.3 Å². The van der Waals surface area contributed by atoms with Crippen molar-refractivity contribution in [3.63, 3.8) is 0 Å². The van der Waals surface area contributed by atoms with E-state index < -0.39 is 5.97 Å². The van der Waals surface area contributed by atoms with E-state index in [1.54, 1.807) is 10.6 Å². The smallest absolute Gasteiger partial charge is 0.352 e. The highest BCUT2D eigenvalue weighted by Gasteiger charge is 2.18. The molecule has 0 atom stereocenters. The normalized spacial score (nSPS) is 10.9. The van der Waals surface area contributed by atoms with Gasteiger partial charge < -0.3 is 19.3 Å². The van der Waals surface area contributed by atoms with E-state index in [0.29, 0.717) is 26.1 Å². The van der Waals surface area contributed by atoms with Crippen molar-refractivity contribution in [2.45, 2.75) is 40.3 Å². The molecule has 37 heavy (non-hydrogen) atoms. The lowest BCUT2D eigenvalue weighted by atomic mass is 10.1. The molecule has 0 fully saturated rings. The summed E-state index contributed by atoms with van der Waals surface area (Å²) in [6.45, 7) is 7.55. The molecule has 1 N–H and O–H groups in total. The second-order valence-corrected chi connectivity index (χ2v) is 10.5. The Kier molecular flexibility index (Phi) is 8.62. The van der Waals surface area contributed by atoms with Crippen LogP contribution < -0.4 is 9.64 Å². The topological polar surface area (TPSA) is 54.7 Å². The molecule has 3 aromatic carbocycles. The maximum Gasteiger partial charge on any atom is 0.352 e. The van der Waals surface area contributed by atoms with Gasteiger partial charge in [-0.25, -0.2) is 4.79 Å². The first-order valence-electron chi connectivity index (χ1n) is 12.1. The van der Waals surface area contributed by atoms with Gasteiger partial charge in [-0.05, 0) is 91.9 Å². The molecular weight excluding hydrogens is 552 g/mol. The molecule has 0 saturated heterocycles. The number of hydrogen-bond donors (Lipinski definition) is 1. The second kappa shape index (κ2) is 11.9. The molecule has 4 aromatic rings. The number of ether oxygens (including phenoxy) is 1. The molecule has 0 radical (unpaired) electrons. The van der Waals surface area contributed by atoms with Crippen LogP contribution in [-0.2, 0) is 13.1 Å². The number of rotatable bonds is 10. The van der Waals surface area contributed by atoms with Crippen LogP contribution >= 0.6 is 27.5 Å². The summed E-state index contributed by atoms with van der Waals surface area (Å²) in [7, 11) is 0. The Labute approximate surface area is 231 Å². The number of nitrogens with zero attached hydrogens (tertiary/aromatic N) is 2. The molecule has 0 bridgehead atoms. The SMILES string of the molecule is Cc1cccc(N(Cc2cccc(Br)c2)c2cc(C(=O)O)n(CCCOc3cc(C)c(Cl)c(C)c3)c2)c1. The number of aryl methyl sites for hydroxylation is 4. The van der Waals surface area contributed by atoms with Gasteiger partial charge in [-0.2, -0.15) is 0 Å². The third-order valence-electron chi connectivity index (χ3n) is 6.18. The number of aromatic carboxylic acids is 1. The summed E-state index contributed by atoms with van der Waals surface area (Å²) in [4.78, 5) is 14.3. The van der Waals surface area contributed by atoms with Gasteiger partial charge in [0.15, 0.2) is 0 Å². The zero-order chi connectivity index (χ0) is 26.5. The molecular formula is C30H30BrClN2O3. The summed E-state index contributed by atoms with van der Waals surface area (Å²) < 4.78 is 8.74. The average molecular weight is 582 g/mol. The molecule has 0 aliphatic heterocycles. The fourth-order valence-corrected chi connectivity index (χ4v) is 4.92. The van der Waals surface area contributed by atoms with Crippen molar-refractivity contribution in [2.75, 3.05) is 11.5 Å². The number of benzene rings is 3. The van der Waals surface area contributed by atoms with Crippen LogP contribution in [0.3, 0.4) is 0 Å². The second-order valence-electron chi connectivity index (χ2n) is 9.21. The van der Waals surface area contributed by atoms with Crippen LogP contribution in [0.15, 0.2) is 77.4 Å². The number of carboxylic acid groups (broad SMARTS) is 1. The molecule has 1 heterocycles. The fourth-order valence-electron chi connectivity index (χ4n) is 4.37. The maximum absolute atomic E-state index is 12.1. The first-order valence-corrected chi connectivity index (χ1v) is 13.3. The number of carbonyl (C=O) groups is 1. The number of halogens is 2. The lowest BCUT2D eigenvalue weighted by molar-refractivity contribution is 0.0684. The van der Waals surface area contributed by atoms with Gasteiger partial charge in [0, 0.05) is 34.5 Å². The van der Waals surface area contributed by atoms with E-state index in [4.69, 9.17) is 16.3 Å². The van der Waals surface area contributed by atoms with Gasteiger partial charge in [-0.1, -0.05) is 51.8 Å². The number of carboxylic acids is 1. The number of anilines is 2. The fraction of sp³-hybridized carbons (Fsp3) is 0.233. The predicted molar refractivity (Wildman–Crippen MR) is 154 cm³/mol. The Morgan fingerprint density at radius 2 is 1.73 bits per heavy atom. The predicted octanol–water partition coefficient (Wildman–Crippen LogP) is 8.33. The van der Waals surface area contributed by atoms with Gasteiger partial charge >= 0.3 is 5.97 Å². The molecule has 5 nitrogen and oxygen atoms in total. The van der Waals surface area contributed by atoms with E-state index in [9.17, 15) is 9.90 Å². The molecule has 1 aromatic heterocycles. The van der Waals surface area contributed by atoms with Crippen molar-refractivity contribution in [2.24, 2.45) is 0 Å². The quantitative estimate of drug-likeness (QED) is 0.191. The van der Waals surface area contributed by atoms with Crippen molar-refractivity contribution < 1.29 is 14.6 Å². The highest BCUT2D eigenvalue weighted by Crippen LogP contribution is 2.31. The molecule has 0 amide bonds. The lowest BCUT2D eigenvalue weighted by Gasteiger charge is -2.24. The van der Waals surface area contributed by atoms with Gasteiger partial charge in [0.2, 0.25) is 0 Å². The summed E-state index contributed by atoms with van der Waals surface area (Å²) in [5, 5.41) is 10.7. The van der Waals surface area contributed by atoms with E-state index in [2.05, 4.69) is 52.0 Å². The Morgan fingerprint density at radius 1 is 1.00 bits per heavy atom. The van der Waals surface area contributed by atoms with Crippen LogP contribution in [0.1, 0.15) is 39.2 Å². The lowest BCUT2D eigenvalue weighted by Crippen LogP contribution is -2.16. The zero-order valence-electron chi connectivity index (χ0n) is 21.2. The minimum Gasteiger partial charge on any atom is -0.494 e. The standard InChI is InChI=1S/C30H30BrClN2O3/c1-20-7-4-10-25(13-20)34(18-23-8-5-9-24(31)16-23)26-17-28(30(35)36)33(19-26)11-6-12-37-27-14-21(2)29(32)22(3)15-27/h4-5,7-10,13-17,19H,6,11-12,18H2,1-3H3,(H,35,36). The van der Waals surface area contributed by atoms with Gasteiger partial charge in [-0.15, -0.1) is 0 Å². The Balaban J connectivity index is 1.55. The summed E-state index contributed by atoms with van der Waals surface area (Å²) in [5.74, 6) is -0.187. The Hall–Kier alpha value is -3.22. The zero-order valence-corrected chi connectivity index (χ0v) is 23.5. The minimum atomic E-state index is -0.956. The van der Waals surface area contributed by atoms with Crippen LogP contribution in [-0.4, -0.2) is 22.2 Å². The highest BCUT2D eigenvalue weighted by atomic mass is 79.9. The van der Waals surface area contributed by atoms with Crippen molar-refractivity contribution in [3.05, 3.63) is 110 Å². The molecule has 192 valence electrons. The molecule has 7 heteroatoms. The Bertz CT molecular complexity index is 1390. The van der Waals surface area contributed by atoms with E-state index >= 15 is 0 Å². The van der Waals surface area contributed by atoms with Crippen molar-refractivity contribution >= 4 is 44.9 Å². The molecule has 0 aliphatic rings. The Morgan fingerprint density at radius 3 is 2.41 bits per heavy atom. The first kappa shape index (κ1) is 26.8. The third kappa shape index (κ3) is 6.76. The van der Waals surface area contributed by atoms with Gasteiger partial charge in [0.25, 0.3) is 0 Å². The minimum absolute atomic E-state index is 0.250. The monoisotopic (exact) mass is 580 g/mol. The van der Waals surface area contributed by atoms with Gasteiger partial charge in [0.1, 0.15) is 11.4 Å². The highest BCUT2D eigenvalue weighted by molar-refractivity contribution is 9.10. The largest absolute Gasteiger partial charge is 0.494 e. The van der Waals surface area contributed by atoms with Crippen molar-refractivity contribution in [1.29, 1.82) is 0 Å². The summed E-state index contributed by atoms with van der Waals surface area (Å²) in [6.07, 6.45) is 2.57. The van der Waals surface area contributed by atoms with Crippen LogP contribution in [0.4, 0.5) is 11.4 Å².